The number of rotatable bonds is 0. The number of aliphatic hydroxyl groups is 7. The summed E-state index contributed by atoms with van der Waals surface area (Å²) in [6.07, 6.45) is -8.36. The summed E-state index contributed by atoms with van der Waals surface area (Å²) in [7, 11) is 0. The molecule has 0 unspecified atom stereocenters. The van der Waals surface area contributed by atoms with Crippen molar-refractivity contribution in [2.45, 2.75) is 42.9 Å². The van der Waals surface area contributed by atoms with Gasteiger partial charge in [-0.15, -0.1) is 0 Å². The molecular weight excluding hydrogens is 264 g/mol. The Kier molecular flexibility index (Phi) is 6.53. The summed E-state index contributed by atoms with van der Waals surface area (Å²) in [5.41, 5.74) is 0. The van der Waals surface area contributed by atoms with Crippen molar-refractivity contribution in [3.05, 3.63) is 6.61 Å². The van der Waals surface area contributed by atoms with E-state index in [2.05, 4.69) is 9.47 Å². The van der Waals surface area contributed by atoms with Gasteiger partial charge in [-0.1, -0.05) is 0 Å². The fraction of sp³-hybridized carbons (Fsp3) is 0.900. The van der Waals surface area contributed by atoms with Crippen LogP contribution < -0.4 is 0 Å². The maximum atomic E-state index is 8.88. The first kappa shape index (κ1) is 16.7. The lowest BCUT2D eigenvalue weighted by molar-refractivity contribution is -0.252. The Morgan fingerprint density at radius 2 is 1.32 bits per heavy atom. The van der Waals surface area contributed by atoms with Crippen LogP contribution in [0, 0.1) is 6.61 Å². The summed E-state index contributed by atoms with van der Waals surface area (Å²) >= 11 is 0. The lowest BCUT2D eigenvalue weighted by Crippen LogP contribution is -2.52. The van der Waals surface area contributed by atoms with Crippen LogP contribution in [0.1, 0.15) is 0 Å². The average molecular weight is 283 g/mol. The van der Waals surface area contributed by atoms with Crippen LogP contribution in [0.2, 0.25) is 0 Å². The Bertz CT molecular complexity index is 239. The van der Waals surface area contributed by atoms with Crippen LogP contribution in [0.3, 0.4) is 0 Å². The van der Waals surface area contributed by atoms with Crippen molar-refractivity contribution < 1.29 is 45.2 Å². The van der Waals surface area contributed by atoms with E-state index in [1.54, 1.807) is 0 Å². The van der Waals surface area contributed by atoms with Crippen molar-refractivity contribution in [1.82, 2.24) is 0 Å². The molecule has 0 aromatic rings. The first-order valence-electron chi connectivity index (χ1n) is 5.67. The van der Waals surface area contributed by atoms with Crippen LogP contribution in [0.5, 0.6) is 0 Å². The van der Waals surface area contributed by atoms with Crippen LogP contribution in [0.4, 0.5) is 0 Å². The normalized spacial score (nSPS) is 47.2. The van der Waals surface area contributed by atoms with E-state index in [4.69, 9.17) is 35.7 Å². The third kappa shape index (κ3) is 4.60. The molecule has 0 aliphatic carbocycles. The molecule has 2 aliphatic heterocycles. The molecule has 2 aliphatic rings. The second-order valence-electron chi connectivity index (χ2n) is 4.29. The van der Waals surface area contributed by atoms with E-state index in [1.165, 1.54) is 0 Å². The maximum Gasteiger partial charge on any atom is 0.183 e. The highest BCUT2D eigenvalue weighted by atomic mass is 16.6. The van der Waals surface area contributed by atoms with E-state index < -0.39 is 42.9 Å². The Labute approximate surface area is 109 Å². The summed E-state index contributed by atoms with van der Waals surface area (Å²) in [5.74, 6) is 0. The van der Waals surface area contributed by atoms with Crippen molar-refractivity contribution in [3.63, 3.8) is 0 Å². The molecule has 7 N–H and O–H groups in total. The van der Waals surface area contributed by atoms with Gasteiger partial charge in [0.1, 0.15) is 43.2 Å². The Morgan fingerprint density at radius 3 is 1.79 bits per heavy atom. The highest BCUT2D eigenvalue weighted by molar-refractivity contribution is 4.85. The topological polar surface area (TPSA) is 160 Å². The van der Waals surface area contributed by atoms with Gasteiger partial charge in [0.25, 0.3) is 0 Å². The van der Waals surface area contributed by atoms with Crippen molar-refractivity contribution in [1.29, 1.82) is 0 Å². The molecule has 2 heterocycles. The standard InChI is InChI=1S/C5H10O5.C5H9O4/c6-2-1-10-5(9)4(8)3(2)7;6-3-1-9-2-4(7)5(3)8/h2-9H,1H2;1,3-8H,2H2/t2-,3-,4+,5-;3-,4-,5+/m11/s1. The number of hydrogen-bond acceptors (Lipinski definition) is 9. The molecule has 9 heteroatoms. The molecule has 0 aromatic carbocycles. The molecule has 0 bridgehead atoms. The number of ether oxygens (including phenoxy) is 2. The summed E-state index contributed by atoms with van der Waals surface area (Å²) < 4.78 is 9.05. The number of hydrogen-bond donors (Lipinski definition) is 7. The molecule has 113 valence electrons. The van der Waals surface area contributed by atoms with Crippen LogP contribution in [-0.4, -0.2) is 91.9 Å². The van der Waals surface area contributed by atoms with Crippen molar-refractivity contribution in [2.75, 3.05) is 13.2 Å². The molecule has 9 nitrogen and oxygen atoms in total. The Balaban J connectivity index is 0.000000191. The molecule has 2 rings (SSSR count). The zero-order valence-electron chi connectivity index (χ0n) is 9.98. The van der Waals surface area contributed by atoms with Crippen molar-refractivity contribution in [3.8, 4) is 0 Å². The molecule has 0 spiro atoms. The fourth-order valence-corrected chi connectivity index (χ4v) is 1.45. The van der Waals surface area contributed by atoms with E-state index in [9.17, 15) is 0 Å². The van der Waals surface area contributed by atoms with E-state index in [1.807, 2.05) is 0 Å². The maximum absolute atomic E-state index is 8.88. The molecule has 19 heavy (non-hydrogen) atoms. The van der Waals surface area contributed by atoms with Gasteiger partial charge in [-0.25, -0.2) is 0 Å². The fourth-order valence-electron chi connectivity index (χ4n) is 1.45. The number of aliphatic hydroxyl groups excluding tert-OH is 7. The minimum absolute atomic E-state index is 0.0538. The lowest BCUT2D eigenvalue weighted by atomic mass is 10.1. The smallest absolute Gasteiger partial charge is 0.183 e. The Morgan fingerprint density at radius 1 is 0.737 bits per heavy atom. The van der Waals surface area contributed by atoms with Gasteiger partial charge in [-0.2, -0.15) is 0 Å². The van der Waals surface area contributed by atoms with E-state index in [0.29, 0.717) is 0 Å². The highest BCUT2D eigenvalue weighted by Gasteiger charge is 2.36. The predicted molar refractivity (Wildman–Crippen MR) is 58.3 cm³/mol. The van der Waals surface area contributed by atoms with Crippen LogP contribution >= 0.6 is 0 Å². The molecule has 7 atom stereocenters. The van der Waals surface area contributed by atoms with Gasteiger partial charge in [-0.3, -0.25) is 0 Å². The van der Waals surface area contributed by atoms with E-state index in [-0.39, 0.29) is 13.2 Å². The van der Waals surface area contributed by atoms with E-state index >= 15 is 0 Å². The molecule has 2 saturated heterocycles. The van der Waals surface area contributed by atoms with Gasteiger partial charge in [-0.05, 0) is 0 Å². The summed E-state index contributed by atoms with van der Waals surface area (Å²) in [6, 6.07) is 0. The van der Waals surface area contributed by atoms with Gasteiger partial charge in [0.05, 0.1) is 13.2 Å². The second kappa shape index (κ2) is 7.43. The zero-order valence-corrected chi connectivity index (χ0v) is 9.98. The molecule has 0 aromatic heterocycles. The Hall–Kier alpha value is -0.360. The van der Waals surface area contributed by atoms with Gasteiger partial charge in [0, 0.05) is 0 Å². The van der Waals surface area contributed by atoms with Crippen LogP contribution in [0.15, 0.2) is 0 Å². The molecule has 0 saturated carbocycles. The SMILES string of the molecule is O[C@H]1[C@H](O)[C@H](O)OC[C@H]1O.O[C@H]1[C@H](O)[CH]OC[C@H]1O. The van der Waals surface area contributed by atoms with Crippen LogP contribution in [-0.2, 0) is 9.47 Å². The van der Waals surface area contributed by atoms with E-state index in [0.717, 1.165) is 6.61 Å². The molecular formula is C10H19O9. The van der Waals surface area contributed by atoms with Crippen LogP contribution in [0.25, 0.3) is 0 Å². The largest absolute Gasteiger partial charge is 0.388 e. The first-order chi connectivity index (χ1) is 8.84. The monoisotopic (exact) mass is 283 g/mol. The van der Waals surface area contributed by atoms with Crippen molar-refractivity contribution in [2.24, 2.45) is 0 Å². The highest BCUT2D eigenvalue weighted by Crippen LogP contribution is 2.12. The van der Waals surface area contributed by atoms with Gasteiger partial charge < -0.3 is 45.2 Å². The second-order valence-corrected chi connectivity index (χ2v) is 4.29. The third-order valence-electron chi connectivity index (χ3n) is 2.72. The van der Waals surface area contributed by atoms with Crippen molar-refractivity contribution >= 4 is 0 Å². The average Bonchev–Trinajstić information content (AvgIpc) is 2.39. The minimum Gasteiger partial charge on any atom is -0.388 e. The molecule has 1 radical (unpaired) electrons. The van der Waals surface area contributed by atoms with Gasteiger partial charge in [0.2, 0.25) is 0 Å². The lowest BCUT2D eigenvalue weighted by Gasteiger charge is -2.31. The zero-order chi connectivity index (χ0) is 14.6. The molecule has 0 amide bonds. The minimum atomic E-state index is -1.41. The predicted octanol–water partition coefficient (Wildman–Crippen LogP) is -4.32. The third-order valence-corrected chi connectivity index (χ3v) is 2.72. The summed E-state index contributed by atoms with van der Waals surface area (Å²) in [4.78, 5) is 0. The van der Waals surface area contributed by atoms with Gasteiger partial charge in [0.15, 0.2) is 6.29 Å². The van der Waals surface area contributed by atoms with Gasteiger partial charge >= 0.3 is 0 Å². The summed E-state index contributed by atoms with van der Waals surface area (Å²) in [6.45, 7) is 1.01. The quantitative estimate of drug-likeness (QED) is 0.233. The summed E-state index contributed by atoms with van der Waals surface area (Å²) in [5, 5.41) is 61.6. The molecule has 2 fully saturated rings. The first-order valence-corrected chi connectivity index (χ1v) is 5.67.